The summed E-state index contributed by atoms with van der Waals surface area (Å²) in [5, 5.41) is 4.71. The molecule has 2 heterocycles. The van der Waals surface area contributed by atoms with Crippen molar-refractivity contribution in [2.45, 2.75) is 25.8 Å². The van der Waals surface area contributed by atoms with Crippen molar-refractivity contribution < 1.29 is 0 Å². The first kappa shape index (κ1) is 15.3. The van der Waals surface area contributed by atoms with Crippen LogP contribution in [0.4, 0.5) is 5.69 Å². The molecule has 1 fully saturated rings. The van der Waals surface area contributed by atoms with Crippen molar-refractivity contribution >= 4 is 51.7 Å². The third kappa shape index (κ3) is 3.11. The highest BCUT2D eigenvalue weighted by Crippen LogP contribution is 2.36. The molecule has 1 aliphatic rings. The van der Waals surface area contributed by atoms with Gasteiger partial charge in [0.25, 0.3) is 0 Å². The van der Waals surface area contributed by atoms with E-state index in [0.717, 1.165) is 35.0 Å². The molecule has 0 spiro atoms. The van der Waals surface area contributed by atoms with Crippen LogP contribution in [0.5, 0.6) is 0 Å². The fraction of sp³-hybridized carbons (Fsp3) is 0.571. The Balaban J connectivity index is 1.86. The van der Waals surface area contributed by atoms with Gasteiger partial charge in [0.2, 0.25) is 0 Å². The Bertz CT molecular complexity index is 645. The van der Waals surface area contributed by atoms with E-state index in [4.69, 9.17) is 23.2 Å². The van der Waals surface area contributed by atoms with Crippen molar-refractivity contribution in [2.24, 2.45) is 5.92 Å². The van der Waals surface area contributed by atoms with Crippen LogP contribution in [0.3, 0.4) is 0 Å². The first-order valence-electron chi connectivity index (χ1n) is 7.11. The summed E-state index contributed by atoms with van der Waals surface area (Å²) in [4.78, 5) is 2.38. The van der Waals surface area contributed by atoms with Crippen molar-refractivity contribution in [3.05, 3.63) is 16.1 Å². The molecule has 0 amide bonds. The lowest BCUT2D eigenvalue weighted by Crippen LogP contribution is -2.39. The van der Waals surface area contributed by atoms with Crippen LogP contribution in [0, 0.1) is 5.92 Å². The average molecular weight is 345 g/mol. The predicted octanol–water partition coefficient (Wildman–Crippen LogP) is 4.14. The minimum Gasteiger partial charge on any atom is -0.379 e. The molecule has 3 rings (SSSR count). The molecule has 2 aromatic rings. The zero-order valence-corrected chi connectivity index (χ0v) is 14.4. The van der Waals surface area contributed by atoms with E-state index in [1.165, 1.54) is 19.4 Å². The number of nitrogens with zero attached hydrogens (tertiary/aromatic N) is 3. The number of halogens is 2. The Morgan fingerprint density at radius 1 is 1.33 bits per heavy atom. The van der Waals surface area contributed by atoms with Gasteiger partial charge < -0.3 is 10.2 Å². The van der Waals surface area contributed by atoms with Gasteiger partial charge in [-0.05, 0) is 45.3 Å². The highest BCUT2D eigenvalue weighted by molar-refractivity contribution is 7.00. The van der Waals surface area contributed by atoms with Crippen molar-refractivity contribution in [3.8, 4) is 0 Å². The molecule has 4 nitrogen and oxygen atoms in total. The number of hydrogen-bond donors (Lipinski definition) is 1. The van der Waals surface area contributed by atoms with Crippen LogP contribution in [0.1, 0.15) is 19.8 Å². The Morgan fingerprint density at radius 3 is 2.86 bits per heavy atom. The van der Waals surface area contributed by atoms with Gasteiger partial charge in [0.15, 0.2) is 0 Å². The molecule has 2 atom stereocenters. The van der Waals surface area contributed by atoms with Gasteiger partial charge in [-0.15, -0.1) is 0 Å². The van der Waals surface area contributed by atoms with Crippen LogP contribution in [-0.2, 0) is 0 Å². The summed E-state index contributed by atoms with van der Waals surface area (Å²) in [6.45, 7) is 4.50. The first-order chi connectivity index (χ1) is 10.1. The van der Waals surface area contributed by atoms with Gasteiger partial charge in [-0.25, -0.2) is 0 Å². The van der Waals surface area contributed by atoms with Crippen LogP contribution in [-0.4, -0.2) is 39.8 Å². The summed E-state index contributed by atoms with van der Waals surface area (Å²) in [6, 6.07) is 2.07. The van der Waals surface area contributed by atoms with Crippen molar-refractivity contribution in [3.63, 3.8) is 0 Å². The average Bonchev–Trinajstić information content (AvgIpc) is 2.93. The Hall–Kier alpha value is -0.620. The zero-order valence-electron chi connectivity index (χ0n) is 12.1. The second-order valence-corrected chi connectivity index (χ2v) is 7.12. The molecule has 1 aliphatic heterocycles. The number of rotatable bonds is 3. The summed E-state index contributed by atoms with van der Waals surface area (Å²) in [6.07, 6.45) is 2.48. The normalized spacial score (nSPS) is 21.6. The standard InChI is InChI=1S/C14H18Cl2N4S/c1-8(9-4-3-5-20(2)7-9)17-12-10(15)6-11(16)13-14(12)19-21-18-13/h6,8-9,17H,3-5,7H2,1-2H3. The fourth-order valence-electron chi connectivity index (χ4n) is 2.97. The molecule has 1 N–H and O–H groups in total. The summed E-state index contributed by atoms with van der Waals surface area (Å²) in [7, 11) is 2.18. The third-order valence-corrected chi connectivity index (χ3v) is 5.30. The lowest BCUT2D eigenvalue weighted by molar-refractivity contribution is 0.197. The summed E-state index contributed by atoms with van der Waals surface area (Å²) in [5.74, 6) is 0.608. The van der Waals surface area contributed by atoms with E-state index in [1.54, 1.807) is 6.07 Å². The molecule has 0 saturated carbocycles. The summed E-state index contributed by atoms with van der Waals surface area (Å²) < 4.78 is 8.59. The lowest BCUT2D eigenvalue weighted by atomic mass is 9.91. The SMILES string of the molecule is CC(Nc1c(Cl)cc(Cl)c2nsnc12)C1CCCN(C)C1. The van der Waals surface area contributed by atoms with E-state index < -0.39 is 0 Å². The van der Waals surface area contributed by atoms with Crippen LogP contribution in [0.15, 0.2) is 6.07 Å². The lowest BCUT2D eigenvalue weighted by Gasteiger charge is -2.34. The smallest absolute Gasteiger partial charge is 0.130 e. The van der Waals surface area contributed by atoms with Crippen LogP contribution >= 0.6 is 34.9 Å². The van der Waals surface area contributed by atoms with Gasteiger partial charge in [-0.1, -0.05) is 23.2 Å². The zero-order chi connectivity index (χ0) is 15.0. The number of fused-ring (bicyclic) bond motifs is 1. The number of hydrogen-bond acceptors (Lipinski definition) is 5. The predicted molar refractivity (Wildman–Crippen MR) is 90.7 cm³/mol. The van der Waals surface area contributed by atoms with Crippen LogP contribution in [0.2, 0.25) is 10.0 Å². The van der Waals surface area contributed by atoms with E-state index >= 15 is 0 Å². The summed E-state index contributed by atoms with van der Waals surface area (Å²) in [5.41, 5.74) is 2.35. The van der Waals surface area contributed by atoms with Gasteiger partial charge in [-0.2, -0.15) is 8.75 Å². The van der Waals surface area contributed by atoms with Gasteiger partial charge in [0.05, 0.1) is 27.5 Å². The number of aromatic nitrogens is 2. The second-order valence-electron chi connectivity index (χ2n) is 5.77. The largest absolute Gasteiger partial charge is 0.379 e. The number of nitrogens with one attached hydrogen (secondary N) is 1. The molecule has 7 heteroatoms. The number of benzene rings is 1. The maximum Gasteiger partial charge on any atom is 0.130 e. The molecular weight excluding hydrogens is 327 g/mol. The monoisotopic (exact) mass is 344 g/mol. The molecule has 0 radical (unpaired) electrons. The fourth-order valence-corrected chi connectivity index (χ4v) is 4.14. The topological polar surface area (TPSA) is 41.1 Å². The highest BCUT2D eigenvalue weighted by Gasteiger charge is 2.24. The van der Waals surface area contributed by atoms with E-state index in [9.17, 15) is 0 Å². The van der Waals surface area contributed by atoms with Crippen molar-refractivity contribution in [1.82, 2.24) is 13.6 Å². The van der Waals surface area contributed by atoms with Gasteiger partial charge >= 0.3 is 0 Å². The Labute approximate surface area is 138 Å². The Kier molecular flexibility index (Phi) is 4.54. The number of likely N-dealkylation sites (tertiary alicyclic amines) is 1. The molecule has 21 heavy (non-hydrogen) atoms. The minimum absolute atomic E-state index is 0.330. The quantitative estimate of drug-likeness (QED) is 0.908. The van der Waals surface area contributed by atoms with Gasteiger partial charge in [0.1, 0.15) is 11.0 Å². The van der Waals surface area contributed by atoms with Gasteiger partial charge in [-0.3, -0.25) is 0 Å². The molecule has 0 bridgehead atoms. The second kappa shape index (κ2) is 6.24. The van der Waals surface area contributed by atoms with E-state index in [0.29, 0.717) is 22.0 Å². The molecule has 1 saturated heterocycles. The van der Waals surface area contributed by atoms with E-state index in [2.05, 4.69) is 32.9 Å². The molecule has 114 valence electrons. The Morgan fingerprint density at radius 2 is 2.10 bits per heavy atom. The maximum atomic E-state index is 6.36. The number of piperidine rings is 1. The maximum absolute atomic E-state index is 6.36. The van der Waals surface area contributed by atoms with Crippen molar-refractivity contribution in [1.29, 1.82) is 0 Å². The summed E-state index contributed by atoms with van der Waals surface area (Å²) >= 11 is 13.7. The minimum atomic E-state index is 0.330. The first-order valence-corrected chi connectivity index (χ1v) is 8.60. The van der Waals surface area contributed by atoms with Gasteiger partial charge in [0, 0.05) is 12.6 Å². The van der Waals surface area contributed by atoms with E-state index in [1.807, 2.05) is 0 Å². The molecule has 0 aliphatic carbocycles. The van der Waals surface area contributed by atoms with Crippen LogP contribution in [0.25, 0.3) is 11.0 Å². The third-order valence-electron chi connectivity index (χ3n) is 4.18. The molecule has 2 unspecified atom stereocenters. The molecular formula is C14H18Cl2N4S. The number of anilines is 1. The highest BCUT2D eigenvalue weighted by atomic mass is 35.5. The van der Waals surface area contributed by atoms with Crippen molar-refractivity contribution in [2.75, 3.05) is 25.5 Å². The molecule has 1 aromatic heterocycles. The van der Waals surface area contributed by atoms with Crippen LogP contribution < -0.4 is 5.32 Å². The van der Waals surface area contributed by atoms with E-state index in [-0.39, 0.29) is 0 Å². The molecule has 1 aromatic carbocycles.